The molecule has 0 bridgehead atoms. The number of hydrogen-bond donors (Lipinski definition) is 2. The Morgan fingerprint density at radius 1 is 1.38 bits per heavy atom. The Hall–Kier alpha value is -0.420. The summed E-state index contributed by atoms with van der Waals surface area (Å²) in [5.41, 5.74) is 0. The van der Waals surface area contributed by atoms with Crippen molar-refractivity contribution in [2.45, 2.75) is 18.8 Å². The number of aliphatic hydroxyl groups is 2. The van der Waals surface area contributed by atoms with Crippen molar-refractivity contribution in [1.82, 2.24) is 4.90 Å². The monoisotopic (exact) mass is 199 g/mol. The van der Waals surface area contributed by atoms with E-state index < -0.39 is 12.2 Å². The van der Waals surface area contributed by atoms with E-state index in [0.717, 1.165) is 6.54 Å². The lowest BCUT2D eigenvalue weighted by Crippen LogP contribution is -2.22. The minimum absolute atomic E-state index is 0.569. The molecule has 1 aromatic heterocycles. The van der Waals surface area contributed by atoms with Gasteiger partial charge in [0, 0.05) is 24.5 Å². The van der Waals surface area contributed by atoms with E-state index in [1.54, 1.807) is 11.3 Å². The van der Waals surface area contributed by atoms with Gasteiger partial charge >= 0.3 is 0 Å². The zero-order valence-electron chi connectivity index (χ0n) is 7.26. The summed E-state index contributed by atoms with van der Waals surface area (Å²) in [4.78, 5) is 3.35. The molecular weight excluding hydrogens is 186 g/mol. The fourth-order valence-corrected chi connectivity index (χ4v) is 2.35. The van der Waals surface area contributed by atoms with E-state index in [1.165, 1.54) is 4.88 Å². The summed E-state index contributed by atoms with van der Waals surface area (Å²) in [6.07, 6.45) is -1.14. The van der Waals surface area contributed by atoms with Crippen LogP contribution < -0.4 is 0 Å². The molecule has 2 heterocycles. The summed E-state index contributed by atoms with van der Waals surface area (Å²) >= 11 is 1.71. The molecule has 1 aliphatic heterocycles. The van der Waals surface area contributed by atoms with Crippen molar-refractivity contribution in [1.29, 1.82) is 0 Å². The van der Waals surface area contributed by atoms with Crippen LogP contribution in [0.5, 0.6) is 0 Å². The Bertz CT molecular complexity index is 253. The zero-order valence-corrected chi connectivity index (χ0v) is 8.07. The minimum atomic E-state index is -0.569. The standard InChI is InChI=1S/C9H13NO2S/c11-8-5-10(6-9(8)12)4-7-2-1-3-13-7/h1-3,8-9,11-12H,4-6H2. The van der Waals surface area contributed by atoms with Gasteiger partial charge in [0.05, 0.1) is 12.2 Å². The number of hydrogen-bond acceptors (Lipinski definition) is 4. The van der Waals surface area contributed by atoms with Crippen molar-refractivity contribution in [3.05, 3.63) is 22.4 Å². The van der Waals surface area contributed by atoms with Crippen LogP contribution in [-0.4, -0.2) is 40.4 Å². The second-order valence-electron chi connectivity index (χ2n) is 3.41. The van der Waals surface area contributed by atoms with Gasteiger partial charge in [0.1, 0.15) is 0 Å². The largest absolute Gasteiger partial charge is 0.389 e. The Kier molecular flexibility index (Phi) is 2.64. The first-order chi connectivity index (χ1) is 6.25. The van der Waals surface area contributed by atoms with Gasteiger partial charge in [-0.1, -0.05) is 6.07 Å². The highest BCUT2D eigenvalue weighted by Gasteiger charge is 2.29. The van der Waals surface area contributed by atoms with Gasteiger partial charge in [0.2, 0.25) is 0 Å². The maximum atomic E-state index is 9.31. The third-order valence-electron chi connectivity index (χ3n) is 2.29. The lowest BCUT2D eigenvalue weighted by Gasteiger charge is -2.12. The molecule has 3 nitrogen and oxygen atoms in total. The van der Waals surface area contributed by atoms with Crippen LogP contribution in [0.4, 0.5) is 0 Å². The fourth-order valence-electron chi connectivity index (χ4n) is 1.60. The van der Waals surface area contributed by atoms with Crippen LogP contribution in [0, 0.1) is 0 Å². The van der Waals surface area contributed by atoms with Crippen LogP contribution in [0.25, 0.3) is 0 Å². The molecule has 2 atom stereocenters. The normalized spacial score (nSPS) is 29.7. The van der Waals surface area contributed by atoms with Gasteiger partial charge in [-0.2, -0.15) is 0 Å². The third kappa shape index (κ3) is 2.08. The average Bonchev–Trinajstić information content (AvgIpc) is 2.64. The van der Waals surface area contributed by atoms with Gasteiger partial charge in [-0.05, 0) is 11.4 Å². The lowest BCUT2D eigenvalue weighted by atomic mass is 10.3. The molecule has 1 saturated heterocycles. The molecule has 0 aromatic carbocycles. The molecular formula is C9H13NO2S. The highest BCUT2D eigenvalue weighted by molar-refractivity contribution is 7.09. The Morgan fingerprint density at radius 2 is 2.08 bits per heavy atom. The van der Waals surface area contributed by atoms with Crippen LogP contribution in [0.1, 0.15) is 4.88 Å². The summed E-state index contributed by atoms with van der Waals surface area (Å²) in [7, 11) is 0. The van der Waals surface area contributed by atoms with Gasteiger partial charge in [-0.25, -0.2) is 0 Å². The maximum absolute atomic E-state index is 9.31. The van der Waals surface area contributed by atoms with E-state index in [-0.39, 0.29) is 0 Å². The Morgan fingerprint density at radius 3 is 2.62 bits per heavy atom. The SMILES string of the molecule is OC1CN(Cc2cccs2)CC1O. The van der Waals surface area contributed by atoms with Crippen LogP contribution in [-0.2, 0) is 6.54 Å². The number of aliphatic hydroxyl groups excluding tert-OH is 2. The van der Waals surface area contributed by atoms with Gasteiger partial charge in [0.25, 0.3) is 0 Å². The van der Waals surface area contributed by atoms with Crippen molar-refractivity contribution in [2.75, 3.05) is 13.1 Å². The molecule has 13 heavy (non-hydrogen) atoms. The first kappa shape index (κ1) is 9.15. The molecule has 1 aromatic rings. The molecule has 2 rings (SSSR count). The van der Waals surface area contributed by atoms with Crippen LogP contribution >= 0.6 is 11.3 Å². The van der Waals surface area contributed by atoms with Gasteiger partial charge < -0.3 is 10.2 Å². The van der Waals surface area contributed by atoms with E-state index in [1.807, 2.05) is 11.4 Å². The highest BCUT2D eigenvalue weighted by Crippen LogP contribution is 2.16. The summed E-state index contributed by atoms with van der Waals surface area (Å²) < 4.78 is 0. The van der Waals surface area contributed by atoms with Gasteiger partial charge in [0.15, 0.2) is 0 Å². The van der Waals surface area contributed by atoms with Crippen LogP contribution in [0.15, 0.2) is 17.5 Å². The molecule has 0 saturated carbocycles. The van der Waals surface area contributed by atoms with E-state index in [2.05, 4.69) is 11.0 Å². The smallest absolute Gasteiger partial charge is 0.0938 e. The zero-order chi connectivity index (χ0) is 9.26. The van der Waals surface area contributed by atoms with Crippen LogP contribution in [0.3, 0.4) is 0 Å². The Labute approximate surface area is 81.2 Å². The first-order valence-electron chi connectivity index (χ1n) is 4.36. The second-order valence-corrected chi connectivity index (χ2v) is 4.44. The minimum Gasteiger partial charge on any atom is -0.389 e. The van der Waals surface area contributed by atoms with Crippen molar-refractivity contribution in [3.8, 4) is 0 Å². The summed E-state index contributed by atoms with van der Waals surface area (Å²) in [6.45, 7) is 2.00. The third-order valence-corrected chi connectivity index (χ3v) is 3.16. The second kappa shape index (κ2) is 3.75. The number of likely N-dealkylation sites (tertiary alicyclic amines) is 1. The van der Waals surface area contributed by atoms with E-state index in [0.29, 0.717) is 13.1 Å². The first-order valence-corrected chi connectivity index (χ1v) is 5.24. The van der Waals surface area contributed by atoms with Crippen LogP contribution in [0.2, 0.25) is 0 Å². The van der Waals surface area contributed by atoms with Crippen molar-refractivity contribution in [2.24, 2.45) is 0 Å². The number of β-amino-alcohol motifs (C(OH)–C–C–N with tert-alkyl or cyclic N) is 2. The molecule has 4 heteroatoms. The van der Waals surface area contributed by atoms with Gasteiger partial charge in [-0.15, -0.1) is 11.3 Å². The van der Waals surface area contributed by atoms with E-state index in [4.69, 9.17) is 0 Å². The highest BCUT2D eigenvalue weighted by atomic mass is 32.1. The summed E-state index contributed by atoms with van der Waals surface area (Å²) in [5, 5.41) is 20.7. The molecule has 2 unspecified atom stereocenters. The Balaban J connectivity index is 1.91. The topological polar surface area (TPSA) is 43.7 Å². The molecule has 0 spiro atoms. The molecule has 0 radical (unpaired) electrons. The fraction of sp³-hybridized carbons (Fsp3) is 0.556. The number of rotatable bonds is 2. The molecule has 2 N–H and O–H groups in total. The average molecular weight is 199 g/mol. The summed E-state index contributed by atoms with van der Waals surface area (Å²) in [6, 6.07) is 4.09. The predicted molar refractivity (Wildman–Crippen MR) is 51.6 cm³/mol. The van der Waals surface area contributed by atoms with Crippen molar-refractivity contribution >= 4 is 11.3 Å². The molecule has 0 amide bonds. The van der Waals surface area contributed by atoms with Gasteiger partial charge in [-0.3, -0.25) is 4.90 Å². The van der Waals surface area contributed by atoms with E-state index >= 15 is 0 Å². The number of nitrogens with zero attached hydrogens (tertiary/aromatic N) is 1. The lowest BCUT2D eigenvalue weighted by molar-refractivity contribution is 0.0572. The predicted octanol–water partition coefficient (Wildman–Crippen LogP) is 0.286. The van der Waals surface area contributed by atoms with Crippen molar-refractivity contribution < 1.29 is 10.2 Å². The molecule has 72 valence electrons. The molecule has 1 aliphatic rings. The quantitative estimate of drug-likeness (QED) is 0.719. The van der Waals surface area contributed by atoms with E-state index in [9.17, 15) is 10.2 Å². The summed E-state index contributed by atoms with van der Waals surface area (Å²) in [5.74, 6) is 0. The van der Waals surface area contributed by atoms with Crippen molar-refractivity contribution in [3.63, 3.8) is 0 Å². The molecule has 0 aliphatic carbocycles. The maximum Gasteiger partial charge on any atom is 0.0938 e. The number of thiophene rings is 1. The molecule has 1 fully saturated rings.